The van der Waals surface area contributed by atoms with Crippen LogP contribution in [0.25, 0.3) is 0 Å². The van der Waals surface area contributed by atoms with Crippen LogP contribution in [0.2, 0.25) is 0 Å². The summed E-state index contributed by atoms with van der Waals surface area (Å²) >= 11 is 0. The molecule has 1 N–H and O–H groups in total. The molecule has 2 heteroatoms. The van der Waals surface area contributed by atoms with Gasteiger partial charge in [0.15, 0.2) is 0 Å². The van der Waals surface area contributed by atoms with Crippen LogP contribution in [0.5, 0.6) is 5.75 Å². The van der Waals surface area contributed by atoms with E-state index in [0.717, 1.165) is 17.7 Å². The van der Waals surface area contributed by atoms with Gasteiger partial charge in [0.05, 0.1) is 13.2 Å². The van der Waals surface area contributed by atoms with E-state index in [1.807, 2.05) is 48.5 Å². The Morgan fingerprint density at radius 2 is 1.50 bits per heavy atom. The third-order valence-electron chi connectivity index (χ3n) is 2.89. The van der Waals surface area contributed by atoms with Gasteiger partial charge in [-0.25, -0.2) is 0 Å². The second-order valence-corrected chi connectivity index (χ2v) is 4.39. The average molecular weight is 242 g/mol. The van der Waals surface area contributed by atoms with Gasteiger partial charge in [0.2, 0.25) is 0 Å². The van der Waals surface area contributed by atoms with Gasteiger partial charge in [-0.2, -0.15) is 0 Å². The first-order valence-electron chi connectivity index (χ1n) is 6.16. The van der Waals surface area contributed by atoms with Gasteiger partial charge in [0, 0.05) is 6.42 Å². The average Bonchev–Trinajstić information content (AvgIpc) is 2.42. The van der Waals surface area contributed by atoms with Crippen molar-refractivity contribution in [2.24, 2.45) is 0 Å². The number of aryl methyl sites for hydroxylation is 1. The van der Waals surface area contributed by atoms with E-state index in [0.29, 0.717) is 6.61 Å². The second-order valence-electron chi connectivity index (χ2n) is 4.39. The first-order valence-corrected chi connectivity index (χ1v) is 6.16. The molecule has 0 spiro atoms. The molecule has 94 valence electrons. The number of aliphatic hydroxyl groups excluding tert-OH is 1. The lowest BCUT2D eigenvalue weighted by Crippen LogP contribution is -2.01. The second kappa shape index (κ2) is 6.22. The molecule has 2 aromatic carbocycles. The lowest BCUT2D eigenvalue weighted by atomic mass is 10.1. The zero-order valence-electron chi connectivity index (χ0n) is 10.6. The molecule has 0 heterocycles. The summed E-state index contributed by atoms with van der Waals surface area (Å²) in [6, 6.07) is 16.0. The van der Waals surface area contributed by atoms with Crippen LogP contribution in [-0.2, 0) is 13.0 Å². The van der Waals surface area contributed by atoms with Gasteiger partial charge in [-0.1, -0.05) is 42.0 Å². The first-order chi connectivity index (χ1) is 8.78. The molecule has 0 fully saturated rings. The Morgan fingerprint density at radius 3 is 2.11 bits per heavy atom. The molecule has 2 nitrogen and oxygen atoms in total. The Balaban J connectivity index is 1.82. The molecule has 0 amide bonds. The highest BCUT2D eigenvalue weighted by Gasteiger charge is 1.96. The number of aliphatic hydroxyl groups is 1. The summed E-state index contributed by atoms with van der Waals surface area (Å²) in [4.78, 5) is 0. The van der Waals surface area contributed by atoms with E-state index in [-0.39, 0.29) is 6.61 Å². The smallest absolute Gasteiger partial charge is 0.119 e. The minimum atomic E-state index is 0.0974. The van der Waals surface area contributed by atoms with Crippen LogP contribution >= 0.6 is 0 Å². The number of benzene rings is 2. The fourth-order valence-electron chi connectivity index (χ4n) is 1.73. The van der Waals surface area contributed by atoms with Crippen molar-refractivity contribution in [1.29, 1.82) is 0 Å². The minimum absolute atomic E-state index is 0.0974. The van der Waals surface area contributed by atoms with E-state index in [1.165, 1.54) is 11.1 Å². The maximum atomic E-state index is 8.95. The van der Waals surface area contributed by atoms with Crippen LogP contribution in [0.1, 0.15) is 16.7 Å². The molecule has 0 unspecified atom stereocenters. The molecule has 18 heavy (non-hydrogen) atoms. The van der Waals surface area contributed by atoms with Gasteiger partial charge in [0.1, 0.15) is 5.75 Å². The normalized spacial score (nSPS) is 10.3. The molecular weight excluding hydrogens is 224 g/mol. The monoisotopic (exact) mass is 242 g/mol. The van der Waals surface area contributed by atoms with E-state index in [4.69, 9.17) is 9.84 Å². The number of hydrogen-bond acceptors (Lipinski definition) is 2. The van der Waals surface area contributed by atoms with Gasteiger partial charge in [0.25, 0.3) is 0 Å². The van der Waals surface area contributed by atoms with Crippen molar-refractivity contribution in [3.63, 3.8) is 0 Å². The van der Waals surface area contributed by atoms with Crippen LogP contribution in [0.3, 0.4) is 0 Å². The maximum Gasteiger partial charge on any atom is 0.119 e. The van der Waals surface area contributed by atoms with Gasteiger partial charge in [-0.05, 0) is 30.2 Å². The highest BCUT2D eigenvalue weighted by molar-refractivity contribution is 5.26. The Labute approximate surface area is 108 Å². The SMILES string of the molecule is Cc1ccc(OCCc2ccc(CO)cc2)cc1. The Hall–Kier alpha value is -1.80. The van der Waals surface area contributed by atoms with Gasteiger partial charge < -0.3 is 9.84 Å². The lowest BCUT2D eigenvalue weighted by Gasteiger charge is -2.07. The third kappa shape index (κ3) is 3.60. The molecule has 0 saturated carbocycles. The number of ether oxygens (including phenoxy) is 1. The Kier molecular flexibility index (Phi) is 4.37. The molecule has 0 radical (unpaired) electrons. The van der Waals surface area contributed by atoms with Gasteiger partial charge in [-0.15, -0.1) is 0 Å². The lowest BCUT2D eigenvalue weighted by molar-refractivity contribution is 0.282. The van der Waals surface area contributed by atoms with Crippen LogP contribution in [-0.4, -0.2) is 11.7 Å². The van der Waals surface area contributed by atoms with E-state index < -0.39 is 0 Å². The summed E-state index contributed by atoms with van der Waals surface area (Å²) in [6.45, 7) is 2.83. The molecule has 2 rings (SSSR count). The summed E-state index contributed by atoms with van der Waals surface area (Å²) in [7, 11) is 0. The van der Waals surface area contributed by atoms with E-state index >= 15 is 0 Å². The van der Waals surface area contributed by atoms with Crippen LogP contribution in [0.4, 0.5) is 0 Å². The van der Waals surface area contributed by atoms with E-state index in [1.54, 1.807) is 0 Å². The molecule has 0 aliphatic rings. The van der Waals surface area contributed by atoms with E-state index in [9.17, 15) is 0 Å². The quantitative estimate of drug-likeness (QED) is 0.873. The van der Waals surface area contributed by atoms with Crippen LogP contribution in [0, 0.1) is 6.92 Å². The summed E-state index contributed by atoms with van der Waals surface area (Å²) in [5.41, 5.74) is 3.40. The highest BCUT2D eigenvalue weighted by Crippen LogP contribution is 2.12. The van der Waals surface area contributed by atoms with Crippen molar-refractivity contribution in [3.05, 3.63) is 65.2 Å². The highest BCUT2D eigenvalue weighted by atomic mass is 16.5. The number of rotatable bonds is 5. The van der Waals surface area contributed by atoms with Crippen LogP contribution in [0.15, 0.2) is 48.5 Å². The van der Waals surface area contributed by atoms with Gasteiger partial charge in [-0.3, -0.25) is 0 Å². The summed E-state index contributed by atoms with van der Waals surface area (Å²) in [5, 5.41) is 8.95. The van der Waals surface area contributed by atoms with Gasteiger partial charge >= 0.3 is 0 Å². The zero-order chi connectivity index (χ0) is 12.8. The number of hydrogen-bond donors (Lipinski definition) is 1. The molecule has 2 aromatic rings. The Bertz CT molecular complexity index is 471. The zero-order valence-corrected chi connectivity index (χ0v) is 10.6. The Morgan fingerprint density at radius 1 is 0.889 bits per heavy atom. The molecule has 0 saturated heterocycles. The standard InChI is InChI=1S/C16H18O2/c1-13-2-8-16(9-3-13)18-11-10-14-4-6-15(12-17)7-5-14/h2-9,17H,10-12H2,1H3. The predicted octanol–water partition coefficient (Wildman–Crippen LogP) is 3.11. The van der Waals surface area contributed by atoms with E-state index in [2.05, 4.69) is 6.92 Å². The molecule has 0 aliphatic carbocycles. The first kappa shape index (κ1) is 12.7. The van der Waals surface area contributed by atoms with Crippen molar-refractivity contribution in [1.82, 2.24) is 0 Å². The molecule has 0 bridgehead atoms. The van der Waals surface area contributed by atoms with Crippen molar-refractivity contribution < 1.29 is 9.84 Å². The summed E-state index contributed by atoms with van der Waals surface area (Å²) < 4.78 is 5.67. The topological polar surface area (TPSA) is 29.5 Å². The molecular formula is C16H18O2. The molecule has 0 aromatic heterocycles. The van der Waals surface area contributed by atoms with Crippen molar-refractivity contribution in [2.75, 3.05) is 6.61 Å². The minimum Gasteiger partial charge on any atom is -0.493 e. The van der Waals surface area contributed by atoms with Crippen molar-refractivity contribution in [2.45, 2.75) is 20.0 Å². The summed E-state index contributed by atoms with van der Waals surface area (Å²) in [5.74, 6) is 0.910. The van der Waals surface area contributed by atoms with Crippen LogP contribution < -0.4 is 4.74 Å². The summed E-state index contributed by atoms with van der Waals surface area (Å²) in [6.07, 6.45) is 0.875. The molecule has 0 aliphatic heterocycles. The van der Waals surface area contributed by atoms with Crippen molar-refractivity contribution in [3.8, 4) is 5.75 Å². The third-order valence-corrected chi connectivity index (χ3v) is 2.89. The molecule has 0 atom stereocenters. The largest absolute Gasteiger partial charge is 0.493 e. The predicted molar refractivity (Wildman–Crippen MR) is 72.7 cm³/mol. The fraction of sp³-hybridized carbons (Fsp3) is 0.250. The maximum absolute atomic E-state index is 8.95. The fourth-order valence-corrected chi connectivity index (χ4v) is 1.73. The van der Waals surface area contributed by atoms with Crippen molar-refractivity contribution >= 4 is 0 Å².